The molecule has 0 aliphatic heterocycles. The Morgan fingerprint density at radius 2 is 1.71 bits per heavy atom. The maximum atomic E-state index is 4.41. The first-order valence-corrected chi connectivity index (χ1v) is 6.72. The summed E-state index contributed by atoms with van der Waals surface area (Å²) in [5.74, 6) is 0. The molecular weight excluding hydrogens is 400 g/mol. The fourth-order valence-corrected chi connectivity index (χ4v) is 1.73. The Bertz CT molecular complexity index is 292. The molecule has 78 valence electrons. The molecule has 1 aromatic heterocycles. The van der Waals surface area contributed by atoms with Crippen LogP contribution in [0.25, 0.3) is 0 Å². The van der Waals surface area contributed by atoms with Gasteiger partial charge in [-0.25, -0.2) is 0 Å². The largest absolute Gasteiger partial charge is 0.259 e. The fraction of sp³-hybridized carbons (Fsp3) is 0.545. The molecule has 14 heavy (non-hydrogen) atoms. The summed E-state index contributed by atoms with van der Waals surface area (Å²) in [6.07, 6.45) is 1.91. The van der Waals surface area contributed by atoms with E-state index in [9.17, 15) is 0 Å². The molecule has 0 aliphatic carbocycles. The monoisotopic (exact) mass is 415 g/mol. The van der Waals surface area contributed by atoms with Crippen LogP contribution in [-0.4, -0.2) is 4.98 Å². The zero-order valence-corrected chi connectivity index (χ0v) is 13.3. The van der Waals surface area contributed by atoms with Gasteiger partial charge in [-0.15, -0.1) is 0 Å². The summed E-state index contributed by atoms with van der Waals surface area (Å²) in [5.41, 5.74) is 2.70. The summed E-state index contributed by atoms with van der Waals surface area (Å²) in [7, 11) is 0. The van der Waals surface area contributed by atoms with Gasteiger partial charge in [0, 0.05) is 6.20 Å². The number of hydrogen-bond donors (Lipinski definition) is 0. The van der Waals surface area contributed by atoms with E-state index in [4.69, 9.17) is 0 Å². The minimum atomic E-state index is 0.0801. The normalized spacial score (nSPS) is 13.0. The van der Waals surface area contributed by atoms with E-state index in [1.54, 1.807) is 0 Å². The topological polar surface area (TPSA) is 12.9 Å². The van der Waals surface area contributed by atoms with E-state index in [2.05, 4.69) is 90.0 Å². The summed E-state index contributed by atoms with van der Waals surface area (Å²) in [4.78, 5) is 4.41. The van der Waals surface area contributed by atoms with E-state index in [1.807, 2.05) is 6.20 Å². The van der Waals surface area contributed by atoms with Crippen LogP contribution < -0.4 is 0 Å². The van der Waals surface area contributed by atoms with E-state index in [0.29, 0.717) is 0 Å². The fourth-order valence-electron chi connectivity index (χ4n) is 1.14. The quantitative estimate of drug-likeness (QED) is 0.489. The Morgan fingerprint density at radius 1 is 1.14 bits per heavy atom. The average molecular weight is 415 g/mol. The highest BCUT2D eigenvalue weighted by Gasteiger charge is 2.22. The first kappa shape index (κ1) is 12.7. The first-order valence-electron chi connectivity index (χ1n) is 4.56. The Balaban J connectivity index is 3.15. The highest BCUT2D eigenvalue weighted by molar-refractivity contribution is 14.2. The molecule has 0 aromatic carbocycles. The molecule has 0 spiro atoms. The zero-order chi connectivity index (χ0) is 11.0. The number of halogens is 2. The number of rotatable bonds is 1. The molecule has 1 aromatic rings. The summed E-state index contributed by atoms with van der Waals surface area (Å²) in [5, 5.41) is 0. The Hall–Kier alpha value is 0.610. The van der Waals surface area contributed by atoms with E-state index >= 15 is 0 Å². The van der Waals surface area contributed by atoms with Gasteiger partial charge in [0.15, 0.2) is 0 Å². The van der Waals surface area contributed by atoms with Gasteiger partial charge in [0.2, 0.25) is 0 Å². The maximum Gasteiger partial charge on any atom is 0.112 e. The summed E-state index contributed by atoms with van der Waals surface area (Å²) < 4.78 is 0.0801. The van der Waals surface area contributed by atoms with Crippen molar-refractivity contribution in [2.45, 2.75) is 34.5 Å². The molecule has 1 heterocycles. The van der Waals surface area contributed by atoms with E-state index in [-0.39, 0.29) is 6.84 Å². The molecule has 0 atom stereocenters. The van der Waals surface area contributed by atoms with Gasteiger partial charge in [-0.1, -0.05) is 66.0 Å². The van der Waals surface area contributed by atoms with Gasteiger partial charge < -0.3 is 0 Å². The highest BCUT2D eigenvalue weighted by atomic mass is 127. The number of aromatic nitrogens is 1. The molecule has 1 rings (SSSR count). The van der Waals surface area contributed by atoms with Crippen LogP contribution in [0.3, 0.4) is 0 Å². The van der Waals surface area contributed by atoms with Crippen LogP contribution in [0.5, 0.6) is 0 Å². The molecule has 0 bridgehead atoms. The zero-order valence-electron chi connectivity index (χ0n) is 8.94. The molecule has 1 nitrogen and oxygen atoms in total. The molecular formula is C11H15I2N. The van der Waals surface area contributed by atoms with Crippen molar-refractivity contribution in [3.05, 3.63) is 29.6 Å². The van der Waals surface area contributed by atoms with Gasteiger partial charge in [-0.05, 0) is 30.0 Å². The number of pyridine rings is 1. The SMILES string of the molecule is CC(C)(C)c1ccnc(C(C)(I)I)c1. The van der Waals surface area contributed by atoms with Crippen LogP contribution in [0, 0.1) is 0 Å². The van der Waals surface area contributed by atoms with Crippen LogP contribution in [-0.2, 0) is 6.84 Å². The Kier molecular flexibility index (Phi) is 3.83. The molecule has 0 aliphatic rings. The molecule has 0 saturated carbocycles. The van der Waals surface area contributed by atoms with Gasteiger partial charge >= 0.3 is 0 Å². The third-order valence-corrected chi connectivity index (χ3v) is 3.18. The van der Waals surface area contributed by atoms with Gasteiger partial charge in [0.1, 0.15) is 1.43 Å². The van der Waals surface area contributed by atoms with Crippen molar-refractivity contribution in [3.63, 3.8) is 0 Å². The van der Waals surface area contributed by atoms with Crippen LogP contribution >= 0.6 is 45.2 Å². The van der Waals surface area contributed by atoms with Crippen LogP contribution in [0.15, 0.2) is 18.3 Å². The third kappa shape index (κ3) is 3.32. The lowest BCUT2D eigenvalue weighted by atomic mass is 9.87. The Morgan fingerprint density at radius 3 is 2.14 bits per heavy atom. The Labute approximate surface area is 113 Å². The lowest BCUT2D eigenvalue weighted by Crippen LogP contribution is -2.14. The second-order valence-electron chi connectivity index (χ2n) is 4.57. The molecule has 3 heteroatoms. The standard InChI is InChI=1S/C11H15I2N/c1-10(2,3)8-5-6-14-9(7-8)11(4,12)13/h5-7H,1-4H3. The minimum Gasteiger partial charge on any atom is -0.259 e. The molecule has 0 saturated heterocycles. The van der Waals surface area contributed by atoms with Crippen molar-refractivity contribution in [2.24, 2.45) is 0 Å². The van der Waals surface area contributed by atoms with Gasteiger partial charge in [-0.2, -0.15) is 0 Å². The van der Waals surface area contributed by atoms with Crippen molar-refractivity contribution < 1.29 is 0 Å². The van der Waals surface area contributed by atoms with Crippen molar-refractivity contribution in [2.75, 3.05) is 0 Å². The van der Waals surface area contributed by atoms with E-state index in [1.165, 1.54) is 5.56 Å². The first-order chi connectivity index (χ1) is 6.21. The lowest BCUT2D eigenvalue weighted by molar-refractivity contribution is 0.588. The van der Waals surface area contributed by atoms with Crippen LogP contribution in [0.4, 0.5) is 0 Å². The summed E-state index contributed by atoms with van der Waals surface area (Å²) in [6.45, 7) is 8.85. The summed E-state index contributed by atoms with van der Waals surface area (Å²) in [6, 6.07) is 4.31. The molecule has 0 N–H and O–H groups in total. The van der Waals surface area contributed by atoms with Gasteiger partial charge in [-0.3, -0.25) is 4.98 Å². The molecule has 0 amide bonds. The molecule has 0 radical (unpaired) electrons. The van der Waals surface area contributed by atoms with E-state index in [0.717, 1.165) is 5.69 Å². The highest BCUT2D eigenvalue weighted by Crippen LogP contribution is 2.38. The van der Waals surface area contributed by atoms with Crippen molar-refractivity contribution in [1.82, 2.24) is 4.98 Å². The van der Waals surface area contributed by atoms with Crippen molar-refractivity contribution in [1.29, 1.82) is 0 Å². The lowest BCUT2D eigenvalue weighted by Gasteiger charge is -2.21. The minimum absolute atomic E-state index is 0.0801. The van der Waals surface area contributed by atoms with Gasteiger partial charge in [0.05, 0.1) is 5.69 Å². The van der Waals surface area contributed by atoms with Crippen molar-refractivity contribution in [3.8, 4) is 0 Å². The predicted molar refractivity (Wildman–Crippen MR) is 78.3 cm³/mol. The van der Waals surface area contributed by atoms with Gasteiger partial charge in [0.25, 0.3) is 0 Å². The second kappa shape index (κ2) is 4.23. The summed E-state index contributed by atoms with van der Waals surface area (Å²) >= 11 is 4.82. The number of alkyl halides is 2. The third-order valence-electron chi connectivity index (χ3n) is 2.08. The number of nitrogens with zero attached hydrogens (tertiary/aromatic N) is 1. The number of hydrogen-bond acceptors (Lipinski definition) is 1. The van der Waals surface area contributed by atoms with Crippen LogP contribution in [0.2, 0.25) is 0 Å². The second-order valence-corrected chi connectivity index (χ2v) is 10.9. The molecule has 0 fully saturated rings. The molecule has 0 unspecified atom stereocenters. The van der Waals surface area contributed by atoms with E-state index < -0.39 is 0 Å². The van der Waals surface area contributed by atoms with Crippen molar-refractivity contribution >= 4 is 45.2 Å². The maximum absolute atomic E-state index is 4.41. The smallest absolute Gasteiger partial charge is 0.112 e. The predicted octanol–water partition coefficient (Wildman–Crippen LogP) is 4.42. The average Bonchev–Trinajstić information content (AvgIpc) is 2.01. The van der Waals surface area contributed by atoms with Crippen LogP contribution in [0.1, 0.15) is 39.0 Å².